The van der Waals surface area contributed by atoms with Crippen LogP contribution in [0.4, 0.5) is 5.69 Å². The van der Waals surface area contributed by atoms with Gasteiger partial charge in [-0.2, -0.15) is 0 Å². The number of benzene rings is 1. The van der Waals surface area contributed by atoms with Gasteiger partial charge in [-0.05, 0) is 62.8 Å². The van der Waals surface area contributed by atoms with Crippen LogP contribution >= 0.6 is 11.3 Å². The molecule has 3 N–H and O–H groups in total. The first-order valence-corrected chi connectivity index (χ1v) is 9.86. The predicted octanol–water partition coefficient (Wildman–Crippen LogP) is 3.51. The van der Waals surface area contributed by atoms with Crippen molar-refractivity contribution in [2.75, 3.05) is 11.9 Å². The fourth-order valence-corrected chi connectivity index (χ4v) is 4.35. The van der Waals surface area contributed by atoms with E-state index in [1.165, 1.54) is 35.3 Å². The van der Waals surface area contributed by atoms with E-state index in [4.69, 9.17) is 0 Å². The zero-order valence-corrected chi connectivity index (χ0v) is 16.1. The molecule has 0 spiro atoms. The van der Waals surface area contributed by atoms with E-state index in [-0.39, 0.29) is 18.4 Å². The van der Waals surface area contributed by atoms with Gasteiger partial charge in [-0.15, -0.1) is 11.3 Å². The van der Waals surface area contributed by atoms with Crippen molar-refractivity contribution in [3.63, 3.8) is 0 Å². The average molecular weight is 372 g/mol. The van der Waals surface area contributed by atoms with Gasteiger partial charge in [-0.1, -0.05) is 24.1 Å². The SMILES string of the molecule is Cc1ccc(NCC(=O)NNC(=O)c2cc3c(s2)CCCCC3)c(C)c1. The Morgan fingerprint density at radius 1 is 1.04 bits per heavy atom. The molecule has 3 rings (SSSR count). The van der Waals surface area contributed by atoms with Gasteiger partial charge in [0.15, 0.2) is 0 Å². The first-order chi connectivity index (χ1) is 12.5. The van der Waals surface area contributed by atoms with Gasteiger partial charge in [0.1, 0.15) is 0 Å². The molecule has 1 aliphatic rings. The van der Waals surface area contributed by atoms with Crippen LogP contribution in [0.25, 0.3) is 0 Å². The minimum atomic E-state index is -0.281. The second kappa shape index (κ2) is 8.36. The zero-order valence-electron chi connectivity index (χ0n) is 15.3. The quantitative estimate of drug-likeness (QED) is 0.569. The lowest BCUT2D eigenvalue weighted by molar-refractivity contribution is -0.120. The standard InChI is InChI=1S/C20H25N3O2S/c1-13-8-9-16(14(2)10-13)21-12-19(24)22-23-20(25)18-11-15-6-4-3-5-7-17(15)26-18/h8-11,21H,3-7,12H2,1-2H3,(H,22,24)(H,23,25). The van der Waals surface area contributed by atoms with Crippen molar-refractivity contribution in [1.82, 2.24) is 10.9 Å². The molecule has 0 aliphatic heterocycles. The highest BCUT2D eigenvalue weighted by molar-refractivity contribution is 7.14. The molecule has 1 aliphatic carbocycles. The van der Waals surface area contributed by atoms with E-state index in [0.717, 1.165) is 24.1 Å². The molecule has 0 saturated carbocycles. The molecule has 0 fully saturated rings. The molecule has 6 heteroatoms. The summed E-state index contributed by atoms with van der Waals surface area (Å²) in [7, 11) is 0. The number of carbonyl (C=O) groups is 2. The molecule has 2 amide bonds. The molecule has 0 bridgehead atoms. The molecule has 1 heterocycles. The Labute approximate surface area is 158 Å². The molecular formula is C20H25N3O2S. The second-order valence-corrected chi connectivity index (χ2v) is 7.93. The Bertz CT molecular complexity index is 790. The van der Waals surface area contributed by atoms with Crippen LogP contribution in [0.3, 0.4) is 0 Å². The maximum Gasteiger partial charge on any atom is 0.279 e. The maximum atomic E-state index is 12.3. The van der Waals surface area contributed by atoms with E-state index in [1.54, 1.807) is 11.3 Å². The molecule has 1 aromatic carbocycles. The minimum Gasteiger partial charge on any atom is -0.376 e. The van der Waals surface area contributed by atoms with Gasteiger partial charge in [-0.3, -0.25) is 20.4 Å². The van der Waals surface area contributed by atoms with Crippen molar-refractivity contribution in [2.24, 2.45) is 0 Å². The average Bonchev–Trinajstić information content (AvgIpc) is 2.89. The molecule has 5 nitrogen and oxygen atoms in total. The molecule has 1 aromatic heterocycles. The van der Waals surface area contributed by atoms with Gasteiger partial charge < -0.3 is 5.32 Å². The van der Waals surface area contributed by atoms with Crippen molar-refractivity contribution in [1.29, 1.82) is 0 Å². The van der Waals surface area contributed by atoms with Gasteiger partial charge >= 0.3 is 0 Å². The highest BCUT2D eigenvalue weighted by Gasteiger charge is 2.16. The first kappa shape index (κ1) is 18.5. The van der Waals surface area contributed by atoms with Gasteiger partial charge in [0.2, 0.25) is 0 Å². The van der Waals surface area contributed by atoms with E-state index >= 15 is 0 Å². The van der Waals surface area contributed by atoms with Crippen molar-refractivity contribution < 1.29 is 9.59 Å². The molecule has 0 saturated heterocycles. The number of rotatable bonds is 4. The van der Waals surface area contributed by atoms with Crippen LogP contribution in [0, 0.1) is 13.8 Å². The Hall–Kier alpha value is -2.34. The van der Waals surface area contributed by atoms with Crippen LogP contribution in [0.2, 0.25) is 0 Å². The third kappa shape index (κ3) is 4.64. The Morgan fingerprint density at radius 3 is 2.65 bits per heavy atom. The van der Waals surface area contributed by atoms with Crippen LogP contribution in [0.1, 0.15) is 50.5 Å². The highest BCUT2D eigenvalue weighted by Crippen LogP contribution is 2.28. The van der Waals surface area contributed by atoms with Crippen LogP contribution in [-0.4, -0.2) is 18.4 Å². The lowest BCUT2D eigenvalue weighted by atomic mass is 10.1. The Kier molecular flexibility index (Phi) is 5.93. The van der Waals surface area contributed by atoms with Crippen LogP contribution < -0.4 is 16.2 Å². The summed E-state index contributed by atoms with van der Waals surface area (Å²) in [6.07, 6.45) is 5.73. The van der Waals surface area contributed by atoms with Crippen molar-refractivity contribution in [2.45, 2.75) is 46.0 Å². The number of hydrogen-bond donors (Lipinski definition) is 3. The van der Waals surface area contributed by atoms with Gasteiger partial charge in [0.05, 0.1) is 11.4 Å². The lowest BCUT2D eigenvalue weighted by Gasteiger charge is -2.11. The van der Waals surface area contributed by atoms with Crippen molar-refractivity contribution in [3.05, 3.63) is 50.7 Å². The fourth-order valence-electron chi connectivity index (χ4n) is 3.20. The monoisotopic (exact) mass is 371 g/mol. The smallest absolute Gasteiger partial charge is 0.279 e. The number of amides is 2. The molecule has 0 unspecified atom stereocenters. The third-order valence-corrected chi connectivity index (χ3v) is 5.84. The summed E-state index contributed by atoms with van der Waals surface area (Å²) in [5.74, 6) is -0.528. The summed E-state index contributed by atoms with van der Waals surface area (Å²) in [6.45, 7) is 4.13. The van der Waals surface area contributed by atoms with E-state index in [1.807, 2.05) is 32.0 Å². The maximum absolute atomic E-state index is 12.3. The molecule has 138 valence electrons. The number of anilines is 1. The molecule has 0 atom stereocenters. The van der Waals surface area contributed by atoms with E-state index in [2.05, 4.69) is 22.2 Å². The lowest BCUT2D eigenvalue weighted by Crippen LogP contribution is -2.44. The van der Waals surface area contributed by atoms with E-state index in [0.29, 0.717) is 4.88 Å². The molecule has 0 radical (unpaired) electrons. The van der Waals surface area contributed by atoms with E-state index < -0.39 is 0 Å². The third-order valence-electron chi connectivity index (χ3n) is 4.61. The molecule has 2 aromatic rings. The largest absolute Gasteiger partial charge is 0.376 e. The number of hydrogen-bond acceptors (Lipinski definition) is 4. The number of carbonyl (C=O) groups excluding carboxylic acids is 2. The zero-order chi connectivity index (χ0) is 18.5. The van der Waals surface area contributed by atoms with Gasteiger partial charge in [0, 0.05) is 10.6 Å². The number of fused-ring (bicyclic) bond motifs is 1. The summed E-state index contributed by atoms with van der Waals surface area (Å²) in [5, 5.41) is 3.09. The summed E-state index contributed by atoms with van der Waals surface area (Å²) < 4.78 is 0. The van der Waals surface area contributed by atoms with Crippen LogP contribution in [0.15, 0.2) is 24.3 Å². The topological polar surface area (TPSA) is 70.2 Å². The predicted molar refractivity (Wildman–Crippen MR) is 106 cm³/mol. The van der Waals surface area contributed by atoms with Crippen molar-refractivity contribution in [3.8, 4) is 0 Å². The number of thiophene rings is 1. The molecule has 26 heavy (non-hydrogen) atoms. The summed E-state index contributed by atoms with van der Waals surface area (Å²) in [4.78, 5) is 26.2. The summed E-state index contributed by atoms with van der Waals surface area (Å²) in [6, 6.07) is 7.98. The number of nitrogens with one attached hydrogen (secondary N) is 3. The summed E-state index contributed by atoms with van der Waals surface area (Å²) in [5.41, 5.74) is 9.47. The van der Waals surface area contributed by atoms with Gasteiger partial charge in [0.25, 0.3) is 11.8 Å². The number of hydrazine groups is 1. The van der Waals surface area contributed by atoms with Crippen LogP contribution in [0.5, 0.6) is 0 Å². The second-order valence-electron chi connectivity index (χ2n) is 6.79. The normalized spacial score (nSPS) is 13.5. The number of aryl methyl sites for hydroxylation is 4. The first-order valence-electron chi connectivity index (χ1n) is 9.05. The fraction of sp³-hybridized carbons (Fsp3) is 0.400. The highest BCUT2D eigenvalue weighted by atomic mass is 32.1. The Balaban J connectivity index is 1.49. The Morgan fingerprint density at radius 2 is 1.85 bits per heavy atom. The van der Waals surface area contributed by atoms with E-state index in [9.17, 15) is 9.59 Å². The van der Waals surface area contributed by atoms with Crippen LogP contribution in [-0.2, 0) is 17.6 Å². The molecular weight excluding hydrogens is 346 g/mol. The minimum absolute atomic E-state index is 0.102. The van der Waals surface area contributed by atoms with Gasteiger partial charge in [-0.25, -0.2) is 0 Å². The summed E-state index contributed by atoms with van der Waals surface area (Å²) >= 11 is 1.54. The van der Waals surface area contributed by atoms with Crippen molar-refractivity contribution >= 4 is 28.8 Å².